The number of nitrogens with one attached hydrogen (secondary N) is 1. The van der Waals surface area contributed by atoms with Crippen LogP contribution in [0.4, 0.5) is 0 Å². The summed E-state index contributed by atoms with van der Waals surface area (Å²) in [7, 11) is 0. The Labute approximate surface area is 117 Å². The van der Waals surface area contributed by atoms with Crippen LogP contribution in [-0.4, -0.2) is 66.1 Å². The van der Waals surface area contributed by atoms with E-state index in [-0.39, 0.29) is 11.5 Å². The molecule has 3 heterocycles. The first-order valence-corrected chi connectivity index (χ1v) is 7.04. The van der Waals surface area contributed by atoms with E-state index < -0.39 is 0 Å². The summed E-state index contributed by atoms with van der Waals surface area (Å²) in [4.78, 5) is 30.2. The van der Waals surface area contributed by atoms with Crippen molar-refractivity contribution in [3.8, 4) is 0 Å². The lowest BCUT2D eigenvalue weighted by molar-refractivity contribution is 0.0185. The number of nitrogens with zero attached hydrogens (tertiary/aromatic N) is 2. The summed E-state index contributed by atoms with van der Waals surface area (Å²) in [6.07, 6.45) is 2.50. The summed E-state index contributed by atoms with van der Waals surface area (Å²) < 4.78 is 5.36. The van der Waals surface area contributed by atoms with E-state index in [1.807, 2.05) is 4.90 Å². The highest BCUT2D eigenvalue weighted by atomic mass is 16.5. The molecule has 1 unspecified atom stereocenters. The number of carbonyl (C=O) groups is 1. The molecule has 20 heavy (non-hydrogen) atoms. The number of pyridine rings is 1. The maximum absolute atomic E-state index is 12.3. The summed E-state index contributed by atoms with van der Waals surface area (Å²) in [6, 6.07) is 3.41. The van der Waals surface area contributed by atoms with Crippen molar-refractivity contribution in [1.82, 2.24) is 14.8 Å². The van der Waals surface area contributed by atoms with Gasteiger partial charge in [-0.25, -0.2) is 0 Å². The largest absolute Gasteiger partial charge is 0.379 e. The lowest BCUT2D eigenvalue weighted by Crippen LogP contribution is -2.45. The van der Waals surface area contributed by atoms with Gasteiger partial charge < -0.3 is 14.6 Å². The number of rotatable bonds is 2. The van der Waals surface area contributed by atoms with Gasteiger partial charge in [0.25, 0.3) is 5.91 Å². The Morgan fingerprint density at radius 1 is 1.25 bits per heavy atom. The molecular formula is C14H19N3O3. The molecule has 0 saturated carbocycles. The molecule has 2 saturated heterocycles. The number of amides is 1. The number of hydrogen-bond donors (Lipinski definition) is 1. The fourth-order valence-electron chi connectivity index (χ4n) is 2.89. The highest BCUT2D eigenvalue weighted by molar-refractivity contribution is 5.94. The Bertz CT molecular complexity index is 516. The highest BCUT2D eigenvalue weighted by Crippen LogP contribution is 2.18. The second kappa shape index (κ2) is 5.76. The standard InChI is InChI=1S/C14H19N3O3/c18-13-2-1-11(9-15-13)14(19)17-4-3-12(10-17)16-5-7-20-8-6-16/h1-2,9,12H,3-8,10H2,(H,15,18). The number of H-pyrrole nitrogens is 1. The smallest absolute Gasteiger partial charge is 0.255 e. The van der Waals surface area contributed by atoms with Crippen molar-refractivity contribution in [2.75, 3.05) is 39.4 Å². The van der Waals surface area contributed by atoms with Gasteiger partial charge in [0, 0.05) is 44.5 Å². The van der Waals surface area contributed by atoms with Gasteiger partial charge in [-0.1, -0.05) is 0 Å². The minimum atomic E-state index is -0.186. The number of ether oxygens (including phenoxy) is 1. The van der Waals surface area contributed by atoms with Crippen LogP contribution in [-0.2, 0) is 4.74 Å². The molecule has 3 rings (SSSR count). The lowest BCUT2D eigenvalue weighted by Gasteiger charge is -2.32. The van der Waals surface area contributed by atoms with E-state index in [9.17, 15) is 9.59 Å². The monoisotopic (exact) mass is 277 g/mol. The second-order valence-corrected chi connectivity index (χ2v) is 5.28. The van der Waals surface area contributed by atoms with Crippen LogP contribution in [0.5, 0.6) is 0 Å². The van der Waals surface area contributed by atoms with Gasteiger partial charge in [0.2, 0.25) is 5.56 Å². The zero-order valence-corrected chi connectivity index (χ0v) is 11.4. The maximum atomic E-state index is 12.3. The predicted molar refractivity (Wildman–Crippen MR) is 73.8 cm³/mol. The quantitative estimate of drug-likeness (QED) is 0.821. The Kier molecular flexibility index (Phi) is 3.84. The first-order chi connectivity index (χ1) is 9.74. The minimum Gasteiger partial charge on any atom is -0.379 e. The fourth-order valence-corrected chi connectivity index (χ4v) is 2.89. The molecule has 1 aromatic heterocycles. The van der Waals surface area contributed by atoms with E-state index in [1.54, 1.807) is 6.07 Å². The van der Waals surface area contributed by atoms with Crippen molar-refractivity contribution < 1.29 is 9.53 Å². The summed E-state index contributed by atoms with van der Waals surface area (Å²) in [5.41, 5.74) is 0.362. The van der Waals surface area contributed by atoms with E-state index in [1.165, 1.54) is 12.3 Å². The Balaban J connectivity index is 1.62. The zero-order chi connectivity index (χ0) is 13.9. The molecule has 108 valence electrons. The molecular weight excluding hydrogens is 258 g/mol. The molecule has 0 spiro atoms. The van der Waals surface area contributed by atoms with Gasteiger partial charge in [-0.2, -0.15) is 0 Å². The molecule has 1 amide bonds. The molecule has 0 aromatic carbocycles. The van der Waals surface area contributed by atoms with Crippen molar-refractivity contribution in [1.29, 1.82) is 0 Å². The Hall–Kier alpha value is -1.66. The maximum Gasteiger partial charge on any atom is 0.255 e. The van der Waals surface area contributed by atoms with E-state index >= 15 is 0 Å². The number of morpholine rings is 1. The third-order valence-electron chi connectivity index (χ3n) is 4.04. The molecule has 0 bridgehead atoms. The van der Waals surface area contributed by atoms with Crippen molar-refractivity contribution in [2.45, 2.75) is 12.5 Å². The molecule has 6 heteroatoms. The molecule has 2 aliphatic heterocycles. The fraction of sp³-hybridized carbons (Fsp3) is 0.571. The topological polar surface area (TPSA) is 65.6 Å². The number of likely N-dealkylation sites (tertiary alicyclic amines) is 1. The molecule has 0 radical (unpaired) electrons. The molecule has 2 fully saturated rings. The number of aromatic amines is 1. The molecule has 1 aromatic rings. The van der Waals surface area contributed by atoms with Crippen LogP contribution in [0.3, 0.4) is 0 Å². The zero-order valence-electron chi connectivity index (χ0n) is 11.4. The summed E-state index contributed by atoms with van der Waals surface area (Å²) in [5.74, 6) is -0.00277. The van der Waals surface area contributed by atoms with Crippen LogP contribution in [0.2, 0.25) is 0 Å². The van der Waals surface area contributed by atoms with E-state index in [0.29, 0.717) is 11.6 Å². The van der Waals surface area contributed by atoms with E-state index in [2.05, 4.69) is 9.88 Å². The van der Waals surface area contributed by atoms with Crippen molar-refractivity contribution in [2.24, 2.45) is 0 Å². The van der Waals surface area contributed by atoms with Crippen LogP contribution in [0, 0.1) is 0 Å². The molecule has 0 aliphatic carbocycles. The van der Waals surface area contributed by atoms with Crippen LogP contribution in [0.1, 0.15) is 16.8 Å². The summed E-state index contributed by atoms with van der Waals surface area (Å²) >= 11 is 0. The minimum absolute atomic E-state index is 0.00277. The van der Waals surface area contributed by atoms with E-state index in [4.69, 9.17) is 4.74 Å². The predicted octanol–water partition coefficient (Wildman–Crippen LogP) is -0.0784. The molecule has 1 N–H and O–H groups in total. The Morgan fingerprint density at radius 2 is 2.05 bits per heavy atom. The average molecular weight is 277 g/mol. The van der Waals surface area contributed by atoms with E-state index in [0.717, 1.165) is 45.8 Å². The van der Waals surface area contributed by atoms with Gasteiger partial charge in [0.1, 0.15) is 0 Å². The normalized spacial score (nSPS) is 24.0. The summed E-state index contributed by atoms with van der Waals surface area (Å²) in [5, 5.41) is 0. The van der Waals surface area contributed by atoms with Gasteiger partial charge in [-0.05, 0) is 12.5 Å². The third-order valence-corrected chi connectivity index (χ3v) is 4.04. The first kappa shape index (κ1) is 13.3. The summed E-state index contributed by atoms with van der Waals surface area (Å²) in [6.45, 7) is 5.00. The molecule has 1 atom stereocenters. The second-order valence-electron chi connectivity index (χ2n) is 5.28. The number of aromatic nitrogens is 1. The van der Waals surface area contributed by atoms with Crippen LogP contribution in [0.25, 0.3) is 0 Å². The lowest BCUT2D eigenvalue weighted by atomic mass is 10.2. The molecule has 6 nitrogen and oxygen atoms in total. The van der Waals surface area contributed by atoms with Gasteiger partial charge in [0.15, 0.2) is 0 Å². The third kappa shape index (κ3) is 2.76. The first-order valence-electron chi connectivity index (χ1n) is 7.04. The molecule has 2 aliphatic rings. The van der Waals surface area contributed by atoms with Crippen molar-refractivity contribution in [3.63, 3.8) is 0 Å². The van der Waals surface area contributed by atoms with Gasteiger partial charge in [0.05, 0.1) is 18.8 Å². The average Bonchev–Trinajstić information content (AvgIpc) is 2.98. The Morgan fingerprint density at radius 3 is 2.75 bits per heavy atom. The van der Waals surface area contributed by atoms with Gasteiger partial charge >= 0.3 is 0 Å². The highest BCUT2D eigenvalue weighted by Gasteiger charge is 2.31. The van der Waals surface area contributed by atoms with Gasteiger partial charge in [-0.3, -0.25) is 14.5 Å². The SMILES string of the molecule is O=C(c1ccc(=O)[nH]c1)N1CCC(N2CCOCC2)C1. The van der Waals surface area contributed by atoms with Crippen LogP contribution >= 0.6 is 0 Å². The number of carbonyl (C=O) groups excluding carboxylic acids is 1. The van der Waals surface area contributed by atoms with Gasteiger partial charge in [-0.15, -0.1) is 0 Å². The van der Waals surface area contributed by atoms with Crippen molar-refractivity contribution in [3.05, 3.63) is 34.2 Å². The van der Waals surface area contributed by atoms with Crippen molar-refractivity contribution >= 4 is 5.91 Å². The number of hydrogen-bond acceptors (Lipinski definition) is 4. The van der Waals surface area contributed by atoms with Crippen LogP contribution in [0.15, 0.2) is 23.1 Å². The van der Waals surface area contributed by atoms with Crippen LogP contribution < -0.4 is 5.56 Å².